The zero-order valence-electron chi connectivity index (χ0n) is 15.6. The number of aromatic carboxylic acids is 1. The van der Waals surface area contributed by atoms with Crippen LogP contribution in [0.3, 0.4) is 0 Å². The van der Waals surface area contributed by atoms with Crippen molar-refractivity contribution >= 4 is 47.7 Å². The predicted octanol–water partition coefficient (Wildman–Crippen LogP) is 4.99. The molecule has 0 radical (unpaired) electrons. The van der Waals surface area contributed by atoms with Crippen LogP contribution in [0, 0.1) is 0 Å². The van der Waals surface area contributed by atoms with Crippen molar-refractivity contribution in [2.45, 2.75) is 9.92 Å². The molecular formula is C21H13Br2N3O4S. The summed E-state index contributed by atoms with van der Waals surface area (Å²) in [6.07, 6.45) is 0. The molecule has 0 amide bonds. The van der Waals surface area contributed by atoms with E-state index >= 15 is 0 Å². The van der Waals surface area contributed by atoms with E-state index in [9.17, 15) is 18.3 Å². The van der Waals surface area contributed by atoms with Crippen LogP contribution >= 0.6 is 31.9 Å². The highest BCUT2D eigenvalue weighted by Crippen LogP contribution is 2.34. The number of hydrogen-bond acceptors (Lipinski definition) is 5. The summed E-state index contributed by atoms with van der Waals surface area (Å²) in [5.74, 6) is -1.10. The Kier molecular flexibility index (Phi) is 5.78. The van der Waals surface area contributed by atoms with E-state index in [0.717, 1.165) is 4.47 Å². The van der Waals surface area contributed by atoms with Crippen LogP contribution in [0.4, 0.5) is 0 Å². The summed E-state index contributed by atoms with van der Waals surface area (Å²) < 4.78 is 29.5. The number of hydrogen-bond donors (Lipinski definition) is 1. The highest BCUT2D eigenvalue weighted by Gasteiger charge is 2.30. The number of halogens is 2. The molecule has 1 heterocycles. The summed E-state index contributed by atoms with van der Waals surface area (Å²) in [5, 5.41) is 17.2. The minimum absolute atomic E-state index is 0.0463. The Morgan fingerprint density at radius 3 is 2.32 bits per heavy atom. The zero-order valence-corrected chi connectivity index (χ0v) is 19.6. The monoisotopic (exact) mass is 561 g/mol. The van der Waals surface area contributed by atoms with Crippen molar-refractivity contribution in [3.63, 3.8) is 0 Å². The van der Waals surface area contributed by atoms with Crippen molar-refractivity contribution in [3.05, 3.63) is 87.3 Å². The maximum absolute atomic E-state index is 13.5. The lowest BCUT2D eigenvalue weighted by Gasteiger charge is -2.10. The number of carboxylic acid groups (broad SMARTS) is 1. The quantitative estimate of drug-likeness (QED) is 0.367. The van der Waals surface area contributed by atoms with Gasteiger partial charge in [0.2, 0.25) is 14.9 Å². The third-order valence-electron chi connectivity index (χ3n) is 4.48. The van der Waals surface area contributed by atoms with Crippen LogP contribution in [-0.2, 0) is 9.84 Å². The van der Waals surface area contributed by atoms with E-state index in [1.807, 2.05) is 0 Å². The standard InChI is InChI=1S/C21H13Br2N3O4S/c22-15-10-8-13(9-11-15)19-20(31(29,30)18-7-2-1-6-17(18)23)24-25-26(19)16-5-3-4-14(12-16)21(27)28/h1-12H,(H,27,28). The maximum Gasteiger partial charge on any atom is 0.335 e. The molecule has 0 aliphatic rings. The molecule has 7 nitrogen and oxygen atoms in total. The molecule has 0 unspecified atom stereocenters. The normalized spacial score (nSPS) is 11.4. The molecular weight excluding hydrogens is 550 g/mol. The van der Waals surface area contributed by atoms with Gasteiger partial charge >= 0.3 is 5.97 Å². The Bertz CT molecular complexity index is 1400. The van der Waals surface area contributed by atoms with Crippen LogP contribution in [0.25, 0.3) is 16.9 Å². The van der Waals surface area contributed by atoms with Gasteiger partial charge in [-0.3, -0.25) is 0 Å². The van der Waals surface area contributed by atoms with Crippen molar-refractivity contribution < 1.29 is 18.3 Å². The zero-order chi connectivity index (χ0) is 22.2. The fourth-order valence-electron chi connectivity index (χ4n) is 3.02. The topological polar surface area (TPSA) is 102 Å². The number of sulfone groups is 1. The lowest BCUT2D eigenvalue weighted by Crippen LogP contribution is -2.07. The number of benzene rings is 3. The summed E-state index contributed by atoms with van der Waals surface area (Å²) in [6.45, 7) is 0. The Morgan fingerprint density at radius 2 is 1.65 bits per heavy atom. The first kappa shape index (κ1) is 21.4. The largest absolute Gasteiger partial charge is 0.478 e. The smallest absolute Gasteiger partial charge is 0.335 e. The van der Waals surface area contributed by atoms with E-state index in [1.165, 1.54) is 22.9 Å². The van der Waals surface area contributed by atoms with Gasteiger partial charge in [0.05, 0.1) is 16.1 Å². The van der Waals surface area contributed by atoms with Crippen molar-refractivity contribution in [3.8, 4) is 16.9 Å². The molecule has 4 rings (SSSR count). The fraction of sp³-hybridized carbons (Fsp3) is 0. The highest BCUT2D eigenvalue weighted by atomic mass is 79.9. The van der Waals surface area contributed by atoms with E-state index in [0.29, 0.717) is 15.7 Å². The molecule has 0 aliphatic heterocycles. The van der Waals surface area contributed by atoms with Crippen molar-refractivity contribution in [2.75, 3.05) is 0 Å². The van der Waals surface area contributed by atoms with Gasteiger partial charge in [0.15, 0.2) is 0 Å². The van der Waals surface area contributed by atoms with Crippen molar-refractivity contribution in [2.24, 2.45) is 0 Å². The number of aromatic nitrogens is 3. The van der Waals surface area contributed by atoms with Gasteiger partial charge in [-0.2, -0.15) is 0 Å². The molecule has 1 aromatic heterocycles. The molecule has 3 aromatic carbocycles. The Labute approximate surface area is 194 Å². The van der Waals surface area contributed by atoms with Gasteiger partial charge in [0, 0.05) is 14.5 Å². The van der Waals surface area contributed by atoms with Crippen molar-refractivity contribution in [1.82, 2.24) is 15.0 Å². The maximum atomic E-state index is 13.5. The first-order chi connectivity index (χ1) is 14.8. The summed E-state index contributed by atoms with van der Waals surface area (Å²) in [4.78, 5) is 11.5. The van der Waals surface area contributed by atoms with Gasteiger partial charge in [-0.15, -0.1) is 5.10 Å². The molecule has 0 saturated carbocycles. The molecule has 4 aromatic rings. The Hall–Kier alpha value is -2.82. The molecule has 10 heteroatoms. The van der Waals surface area contributed by atoms with Crippen LogP contribution < -0.4 is 0 Å². The molecule has 0 fully saturated rings. The van der Waals surface area contributed by atoms with Crippen LogP contribution in [-0.4, -0.2) is 34.5 Å². The molecule has 0 aliphatic carbocycles. The van der Waals surface area contributed by atoms with Gasteiger partial charge in [0.1, 0.15) is 5.69 Å². The van der Waals surface area contributed by atoms with E-state index in [1.54, 1.807) is 54.6 Å². The molecule has 0 atom stereocenters. The second kappa shape index (κ2) is 8.37. The molecule has 0 spiro atoms. The second-order valence-electron chi connectivity index (χ2n) is 6.45. The third kappa shape index (κ3) is 4.06. The van der Waals surface area contributed by atoms with E-state index < -0.39 is 15.8 Å². The number of carboxylic acids is 1. The average Bonchev–Trinajstić information content (AvgIpc) is 3.20. The van der Waals surface area contributed by atoms with Crippen LogP contribution in [0.2, 0.25) is 0 Å². The Morgan fingerprint density at radius 1 is 0.935 bits per heavy atom. The number of rotatable bonds is 5. The SMILES string of the molecule is O=C(O)c1cccc(-n2nnc(S(=O)(=O)c3ccccc3Br)c2-c2ccc(Br)cc2)c1. The first-order valence-corrected chi connectivity index (χ1v) is 11.9. The molecule has 156 valence electrons. The predicted molar refractivity (Wildman–Crippen MR) is 121 cm³/mol. The minimum atomic E-state index is -4.04. The average molecular weight is 563 g/mol. The van der Waals surface area contributed by atoms with E-state index in [4.69, 9.17) is 0 Å². The van der Waals surface area contributed by atoms with Crippen molar-refractivity contribution in [1.29, 1.82) is 0 Å². The molecule has 31 heavy (non-hydrogen) atoms. The number of carbonyl (C=O) groups is 1. The lowest BCUT2D eigenvalue weighted by atomic mass is 10.1. The second-order valence-corrected chi connectivity index (χ2v) is 10.1. The van der Waals surface area contributed by atoms with E-state index in [2.05, 4.69) is 42.2 Å². The van der Waals surface area contributed by atoms with Crippen LogP contribution in [0.5, 0.6) is 0 Å². The van der Waals surface area contributed by atoms with Gasteiger partial charge in [-0.05, 0) is 58.4 Å². The van der Waals surface area contributed by atoms with E-state index in [-0.39, 0.29) is 21.2 Å². The highest BCUT2D eigenvalue weighted by molar-refractivity contribution is 9.10. The molecule has 0 saturated heterocycles. The summed E-state index contributed by atoms with van der Waals surface area (Å²) in [6, 6.07) is 19.5. The first-order valence-electron chi connectivity index (χ1n) is 8.84. The lowest BCUT2D eigenvalue weighted by molar-refractivity contribution is 0.0697. The minimum Gasteiger partial charge on any atom is -0.478 e. The van der Waals surface area contributed by atoms with Gasteiger partial charge in [0.25, 0.3) is 0 Å². The van der Waals surface area contributed by atoms with Crippen LogP contribution in [0.15, 0.2) is 91.7 Å². The number of nitrogens with zero attached hydrogens (tertiary/aromatic N) is 3. The summed E-state index contributed by atoms with van der Waals surface area (Å²) >= 11 is 6.67. The van der Waals surface area contributed by atoms with Gasteiger partial charge in [-0.25, -0.2) is 17.9 Å². The fourth-order valence-corrected chi connectivity index (χ4v) is 5.60. The summed E-state index contributed by atoms with van der Waals surface area (Å²) in [7, 11) is -4.04. The summed E-state index contributed by atoms with van der Waals surface area (Å²) in [5.41, 5.74) is 1.20. The molecule has 1 N–H and O–H groups in total. The van der Waals surface area contributed by atoms with Gasteiger partial charge in [-0.1, -0.05) is 51.5 Å². The van der Waals surface area contributed by atoms with Gasteiger partial charge < -0.3 is 5.11 Å². The third-order valence-corrected chi connectivity index (χ3v) is 7.68. The van der Waals surface area contributed by atoms with Crippen LogP contribution in [0.1, 0.15) is 10.4 Å². The molecule has 0 bridgehead atoms. The Balaban J connectivity index is 2.00.